The van der Waals surface area contributed by atoms with Crippen LogP contribution in [0.4, 0.5) is 4.79 Å². The van der Waals surface area contributed by atoms with Crippen molar-refractivity contribution in [1.29, 1.82) is 5.26 Å². The second-order valence-electron chi connectivity index (χ2n) is 4.14. The molecule has 0 aromatic carbocycles. The average molecular weight is 198 g/mol. The molecule has 0 bridgehead atoms. The summed E-state index contributed by atoms with van der Waals surface area (Å²) in [6, 6.07) is 2.02. The van der Waals surface area contributed by atoms with Gasteiger partial charge in [0.2, 0.25) is 0 Å². The van der Waals surface area contributed by atoms with Gasteiger partial charge in [-0.1, -0.05) is 0 Å². The molecule has 1 rings (SSSR count). The van der Waals surface area contributed by atoms with E-state index in [4.69, 9.17) is 14.7 Å². The minimum absolute atomic E-state index is 0.262. The molecule has 0 spiro atoms. The number of rotatable bonds is 1. The smallest absolute Gasteiger partial charge is 0.409 e. The SMILES string of the molecule is CC(C)(C)OC(=O)NC1OCC1C#N. The monoisotopic (exact) mass is 198 g/mol. The maximum absolute atomic E-state index is 11.2. The summed E-state index contributed by atoms with van der Waals surface area (Å²) in [4.78, 5) is 11.2. The first-order valence-corrected chi connectivity index (χ1v) is 4.43. The van der Waals surface area contributed by atoms with Crippen molar-refractivity contribution in [3.05, 3.63) is 0 Å². The zero-order valence-electron chi connectivity index (χ0n) is 8.53. The molecule has 1 saturated heterocycles. The number of hydrogen-bond donors (Lipinski definition) is 1. The molecule has 0 radical (unpaired) electrons. The van der Waals surface area contributed by atoms with E-state index in [-0.39, 0.29) is 5.92 Å². The van der Waals surface area contributed by atoms with Crippen molar-refractivity contribution in [1.82, 2.24) is 5.32 Å². The lowest BCUT2D eigenvalue weighted by molar-refractivity contribution is -0.107. The molecule has 1 aliphatic rings. The summed E-state index contributed by atoms with van der Waals surface area (Å²) >= 11 is 0. The standard InChI is InChI=1S/C9H14N2O3/c1-9(2,3)14-8(12)11-7-6(4-10)5-13-7/h6-7H,5H2,1-3H3,(H,11,12). The minimum atomic E-state index is -0.553. The molecule has 1 fully saturated rings. The molecular formula is C9H14N2O3. The van der Waals surface area contributed by atoms with Gasteiger partial charge in [0.05, 0.1) is 12.7 Å². The Morgan fingerprint density at radius 1 is 1.64 bits per heavy atom. The Labute approximate surface area is 83.0 Å². The van der Waals surface area contributed by atoms with E-state index < -0.39 is 17.9 Å². The maximum atomic E-state index is 11.2. The normalized spacial score (nSPS) is 25.9. The second kappa shape index (κ2) is 3.84. The van der Waals surface area contributed by atoms with Crippen molar-refractivity contribution in [2.24, 2.45) is 5.92 Å². The molecular weight excluding hydrogens is 184 g/mol. The first-order chi connectivity index (χ1) is 6.42. The van der Waals surface area contributed by atoms with Gasteiger partial charge in [-0.15, -0.1) is 0 Å². The molecule has 78 valence electrons. The van der Waals surface area contributed by atoms with Gasteiger partial charge in [-0.25, -0.2) is 4.79 Å². The number of hydrogen-bond acceptors (Lipinski definition) is 4. The van der Waals surface area contributed by atoms with Crippen LogP contribution in [0.3, 0.4) is 0 Å². The fraction of sp³-hybridized carbons (Fsp3) is 0.778. The summed E-state index contributed by atoms with van der Waals surface area (Å²) in [5.74, 6) is -0.262. The molecule has 14 heavy (non-hydrogen) atoms. The Hall–Kier alpha value is -1.28. The summed E-state index contributed by atoms with van der Waals surface area (Å²) in [5, 5.41) is 11.0. The van der Waals surface area contributed by atoms with Gasteiger partial charge in [0.25, 0.3) is 0 Å². The fourth-order valence-electron chi connectivity index (χ4n) is 0.960. The summed E-state index contributed by atoms with van der Waals surface area (Å²) in [6.45, 7) is 5.69. The maximum Gasteiger partial charge on any atom is 0.409 e. The number of nitrogens with zero attached hydrogens (tertiary/aromatic N) is 1. The molecule has 0 aromatic heterocycles. The van der Waals surface area contributed by atoms with Gasteiger partial charge >= 0.3 is 6.09 Å². The van der Waals surface area contributed by atoms with Gasteiger partial charge in [0.1, 0.15) is 11.5 Å². The molecule has 2 atom stereocenters. The third-order valence-electron chi connectivity index (χ3n) is 1.65. The predicted molar refractivity (Wildman–Crippen MR) is 48.2 cm³/mol. The summed E-state index contributed by atoms with van der Waals surface area (Å²) in [5.41, 5.74) is -0.532. The molecule has 0 aromatic rings. The van der Waals surface area contributed by atoms with Crippen molar-refractivity contribution in [3.63, 3.8) is 0 Å². The number of nitrogens with one attached hydrogen (secondary N) is 1. The average Bonchev–Trinajstić information content (AvgIpc) is 1.96. The Kier molecular flexibility index (Phi) is 2.96. The van der Waals surface area contributed by atoms with Crippen molar-refractivity contribution < 1.29 is 14.3 Å². The number of nitriles is 1. The highest BCUT2D eigenvalue weighted by Crippen LogP contribution is 2.17. The lowest BCUT2D eigenvalue weighted by Gasteiger charge is -2.32. The molecule has 1 N–H and O–H groups in total. The summed E-state index contributed by atoms with van der Waals surface area (Å²) in [7, 11) is 0. The predicted octanol–water partition coefficient (Wildman–Crippen LogP) is 1.01. The lowest BCUT2D eigenvalue weighted by atomic mass is 10.1. The zero-order valence-corrected chi connectivity index (χ0v) is 8.53. The van der Waals surface area contributed by atoms with Crippen LogP contribution in [0.15, 0.2) is 0 Å². The molecule has 5 heteroatoms. The molecule has 1 aliphatic heterocycles. The highest BCUT2D eigenvalue weighted by Gasteiger charge is 2.34. The Bertz CT molecular complexity index is 264. The number of ether oxygens (including phenoxy) is 2. The van der Waals surface area contributed by atoms with Crippen LogP contribution in [-0.2, 0) is 9.47 Å². The van der Waals surface area contributed by atoms with Crippen LogP contribution >= 0.6 is 0 Å². The molecule has 1 heterocycles. The quantitative estimate of drug-likeness (QED) is 0.682. The van der Waals surface area contributed by atoms with E-state index in [9.17, 15) is 4.79 Å². The molecule has 5 nitrogen and oxygen atoms in total. The summed E-state index contributed by atoms with van der Waals surface area (Å²) in [6.07, 6.45) is -1.07. The molecule has 0 saturated carbocycles. The van der Waals surface area contributed by atoms with Gasteiger partial charge < -0.3 is 9.47 Å². The van der Waals surface area contributed by atoms with Gasteiger partial charge in [0, 0.05) is 0 Å². The van der Waals surface area contributed by atoms with E-state index in [1.165, 1.54) is 0 Å². The highest BCUT2D eigenvalue weighted by atomic mass is 16.6. The van der Waals surface area contributed by atoms with Crippen molar-refractivity contribution in [2.75, 3.05) is 6.61 Å². The van der Waals surface area contributed by atoms with Crippen LogP contribution in [0.5, 0.6) is 0 Å². The van der Waals surface area contributed by atoms with E-state index in [2.05, 4.69) is 5.32 Å². The third-order valence-corrected chi connectivity index (χ3v) is 1.65. The molecule has 0 aliphatic carbocycles. The van der Waals surface area contributed by atoms with Crippen molar-refractivity contribution in [3.8, 4) is 6.07 Å². The first kappa shape index (κ1) is 10.8. The van der Waals surface area contributed by atoms with Crippen LogP contribution < -0.4 is 5.32 Å². The van der Waals surface area contributed by atoms with Gasteiger partial charge in [-0.2, -0.15) is 5.26 Å². The van der Waals surface area contributed by atoms with E-state index in [1.54, 1.807) is 20.8 Å². The minimum Gasteiger partial charge on any atom is -0.444 e. The number of amides is 1. The Morgan fingerprint density at radius 3 is 2.64 bits per heavy atom. The summed E-state index contributed by atoms with van der Waals surface area (Å²) < 4.78 is 9.98. The van der Waals surface area contributed by atoms with Crippen LogP contribution in [0, 0.1) is 17.2 Å². The first-order valence-electron chi connectivity index (χ1n) is 4.43. The van der Waals surface area contributed by atoms with Crippen LogP contribution in [0.2, 0.25) is 0 Å². The number of carbonyl (C=O) groups excluding carboxylic acids is 1. The fourth-order valence-corrected chi connectivity index (χ4v) is 0.960. The third kappa shape index (κ3) is 2.89. The van der Waals surface area contributed by atoms with Crippen LogP contribution in [0.25, 0.3) is 0 Å². The van der Waals surface area contributed by atoms with Crippen LogP contribution in [0.1, 0.15) is 20.8 Å². The number of carbonyl (C=O) groups is 1. The lowest BCUT2D eigenvalue weighted by Crippen LogP contribution is -2.52. The topological polar surface area (TPSA) is 71.3 Å². The zero-order chi connectivity index (χ0) is 10.8. The molecule has 1 amide bonds. The largest absolute Gasteiger partial charge is 0.444 e. The Morgan fingerprint density at radius 2 is 2.29 bits per heavy atom. The Balaban J connectivity index is 2.32. The van der Waals surface area contributed by atoms with Gasteiger partial charge in [-0.05, 0) is 20.8 Å². The molecule has 2 unspecified atom stereocenters. The van der Waals surface area contributed by atoms with Crippen LogP contribution in [-0.4, -0.2) is 24.5 Å². The highest BCUT2D eigenvalue weighted by molar-refractivity contribution is 5.68. The van der Waals surface area contributed by atoms with Gasteiger partial charge in [-0.3, -0.25) is 5.32 Å². The van der Waals surface area contributed by atoms with Crippen molar-refractivity contribution >= 4 is 6.09 Å². The van der Waals surface area contributed by atoms with E-state index >= 15 is 0 Å². The van der Waals surface area contributed by atoms with Gasteiger partial charge in [0.15, 0.2) is 6.23 Å². The van der Waals surface area contributed by atoms with E-state index in [1.807, 2.05) is 6.07 Å². The van der Waals surface area contributed by atoms with E-state index in [0.717, 1.165) is 0 Å². The second-order valence-corrected chi connectivity index (χ2v) is 4.14. The van der Waals surface area contributed by atoms with E-state index in [0.29, 0.717) is 6.61 Å². The number of alkyl carbamates (subject to hydrolysis) is 1. The van der Waals surface area contributed by atoms with Crippen molar-refractivity contribution in [2.45, 2.75) is 32.6 Å².